The van der Waals surface area contributed by atoms with Crippen LogP contribution in [0.1, 0.15) is 125 Å². The lowest BCUT2D eigenvalue weighted by Crippen LogP contribution is -2.64. The van der Waals surface area contributed by atoms with Gasteiger partial charge in [0.2, 0.25) is 53.4 Å². The Bertz CT molecular complexity index is 4560. The Morgan fingerprint density at radius 1 is 0.690 bits per heavy atom. The summed E-state index contributed by atoms with van der Waals surface area (Å²) in [5.74, 6) is -16.4. The number of carboxylic acid groups (broad SMARTS) is 1. The maximum absolute atomic E-state index is 16.4. The number of urea groups is 1. The van der Waals surface area contributed by atoms with Gasteiger partial charge >= 0.3 is 12.0 Å². The Balaban J connectivity index is 1.17. The first-order chi connectivity index (χ1) is 54.7. The number of hydrogen-bond acceptors (Lipinski definition) is 28. The number of aliphatic hydroxyl groups is 6. The molecule has 11 bridgehead atoms. The highest BCUT2D eigenvalue weighted by Crippen LogP contribution is 2.50. The van der Waals surface area contributed by atoms with E-state index in [0.717, 1.165) is 53.4 Å². The number of benzene rings is 5. The third-order valence-electron chi connectivity index (χ3n) is 20.9. The largest absolute Gasteiger partial charge is 0.508 e. The van der Waals surface area contributed by atoms with E-state index in [2.05, 4.69) is 37.2 Å². The van der Waals surface area contributed by atoms with Gasteiger partial charge in [-0.05, 0) is 117 Å². The van der Waals surface area contributed by atoms with Crippen LogP contribution >= 0.6 is 23.2 Å². The molecular weight excluding hydrogens is 1570 g/mol. The SMILES string of the molecule is CC(C)C[C@H](C(=O)N[C@H]1C(=O)N[C@@H](CC(N)=O)C(=O)NC2C(=O)N[C@H]3C(=O)N[C@H](C(=O)N[C@H](C(=O)O)c4cc(O)cc(O)c4-c4cc3ccc4O)[C@H](O[C@H]3C[C@](C)(N)[C@@H](O)[C@H](C)O3)c3ccc(cc3)Oc3cc2cc(c3O[C@@H]2O[C@H](CO)[C@@H](O)[C@H](O)[C@H]2O[C@H]2C[C@](C)(N)[C@@H](O)[C@H](C)O2)Oc2ccc(cc2Cl)[C@H]1O)N(C)C(=O)NCCCl. The molecule has 5 aromatic carbocycles. The third-order valence-corrected chi connectivity index (χ3v) is 21.3. The lowest BCUT2D eigenvalue weighted by atomic mass is 9.86. The molecule has 8 aliphatic heterocycles. The van der Waals surface area contributed by atoms with E-state index in [4.69, 9.17) is 78.3 Å². The molecule has 0 radical (unpaired) electrons. The van der Waals surface area contributed by atoms with Crippen molar-refractivity contribution in [2.45, 2.75) is 201 Å². The lowest BCUT2D eigenvalue weighted by Gasteiger charge is -2.47. The lowest BCUT2D eigenvalue weighted by molar-refractivity contribution is -0.333. The van der Waals surface area contributed by atoms with Crippen molar-refractivity contribution in [1.29, 1.82) is 0 Å². The van der Waals surface area contributed by atoms with E-state index in [1.165, 1.54) is 71.1 Å². The van der Waals surface area contributed by atoms with Crippen molar-refractivity contribution in [3.63, 3.8) is 0 Å². The number of nitrogens with zero attached hydrogens (tertiary/aromatic N) is 1. The van der Waals surface area contributed by atoms with Crippen LogP contribution in [0, 0.1) is 5.92 Å². The molecule has 9 amide bonds. The number of hydrogen-bond donors (Lipinski definition) is 20. The van der Waals surface area contributed by atoms with Crippen molar-refractivity contribution >= 4 is 76.6 Å². The van der Waals surface area contributed by atoms with Gasteiger partial charge in [0.25, 0.3) is 0 Å². The molecule has 1 unspecified atom stereocenters. The maximum atomic E-state index is 16.4. The molecule has 3 saturated heterocycles. The number of aromatic hydroxyl groups is 3. The predicted octanol–water partition coefficient (Wildman–Crippen LogP) is 0.351. The number of alkyl halides is 1. The summed E-state index contributed by atoms with van der Waals surface area (Å²) in [6.45, 7) is 8.39. The number of aliphatic hydroxyl groups excluding tert-OH is 6. The molecule has 40 heteroatoms. The van der Waals surface area contributed by atoms with Gasteiger partial charge < -0.3 is 148 Å². The zero-order valence-corrected chi connectivity index (χ0v) is 65.0. The van der Waals surface area contributed by atoms with Crippen LogP contribution in [-0.2, 0) is 62.0 Å². The van der Waals surface area contributed by atoms with Crippen LogP contribution in [0.2, 0.25) is 5.02 Å². The van der Waals surface area contributed by atoms with Crippen molar-refractivity contribution in [3.05, 3.63) is 118 Å². The summed E-state index contributed by atoms with van der Waals surface area (Å²) in [5, 5.41) is 132. The second-order valence-electron chi connectivity index (χ2n) is 30.3. The Labute approximate surface area is 672 Å². The standard InChI is InChI=1S/C76H93Cl2N11O27/c1-29(2)18-42(89(7)74(108)82-17-16-77)67(101)87-56-58(95)34-11-15-45(40(78)20-34)112-47-22-35-21-46(62(47)116-73-63(60(97)59(96)48(28-90)113-73)115-51-27-76(6,81)65(99)31(4)110-51)111-37-12-8-32(9-13-37)61(114-50-26-75(5,80)64(98)30(3)109-50)57-71(105)86-55(72(106)107)39-23-36(91)24-44(93)52(39)38-19-33(10-14-43(38)92)53(68(102)88-57)85-69(103)54(35)84-66(100)41(25-49(79)94)83-70(56)104/h8-15,19-24,29-31,41-42,48,50-51,53-61,63-65,73,90-93,95-99H,16-18,25-28,80-81H2,1-7H3,(H2,79,94)(H,82,108)(H,83,104)(H,84,100)(H,85,103)(H,86,105)(H,87,101)(H,88,102)(H,106,107)/t30-,31-,41-,42+,48+,50-,51-,53+,54?,55-,56+,57-,58+,59+,60-,61+,63+,64-,65-,73-,75-,76-/m0/s1. The van der Waals surface area contributed by atoms with Crippen molar-refractivity contribution in [2.75, 3.05) is 26.1 Å². The van der Waals surface area contributed by atoms with Gasteiger partial charge in [-0.1, -0.05) is 49.7 Å². The zero-order chi connectivity index (χ0) is 84.6. The summed E-state index contributed by atoms with van der Waals surface area (Å²) < 4.78 is 51.8. The van der Waals surface area contributed by atoms with Gasteiger partial charge in [-0.15, -0.1) is 11.6 Å². The molecule has 13 rings (SSSR count). The van der Waals surface area contributed by atoms with Crippen LogP contribution in [0.15, 0.2) is 84.9 Å². The fraction of sp³-hybridized carbons (Fsp3) is 0.487. The highest BCUT2D eigenvalue weighted by atomic mass is 35.5. The van der Waals surface area contributed by atoms with Crippen LogP contribution in [0.3, 0.4) is 0 Å². The number of primary amides is 1. The van der Waals surface area contributed by atoms with E-state index in [1.807, 2.05) is 0 Å². The molecule has 0 aliphatic carbocycles. The fourth-order valence-corrected chi connectivity index (χ4v) is 15.0. The van der Waals surface area contributed by atoms with Crippen LogP contribution in [0.25, 0.3) is 11.1 Å². The minimum atomic E-state index is -2.39. The Hall–Kier alpha value is -10.0. The molecule has 38 nitrogen and oxygen atoms in total. The van der Waals surface area contributed by atoms with Gasteiger partial charge in [0, 0.05) is 66.1 Å². The first kappa shape index (κ1) is 86.8. The van der Waals surface area contributed by atoms with Gasteiger partial charge in [-0.2, -0.15) is 0 Å². The minimum Gasteiger partial charge on any atom is -0.508 e. The number of likely N-dealkylation sites (N-methyl/N-ethyl adjacent to an activating group) is 1. The first-order valence-electron chi connectivity index (χ1n) is 36.9. The number of nitrogens with two attached hydrogens (primary N) is 3. The van der Waals surface area contributed by atoms with Crippen molar-refractivity contribution in [2.24, 2.45) is 23.1 Å². The highest BCUT2D eigenvalue weighted by Gasteiger charge is 2.53. The average molecular weight is 1660 g/mol. The van der Waals surface area contributed by atoms with E-state index in [1.54, 1.807) is 13.8 Å². The number of phenolic OH excluding ortho intramolecular Hbond substituents is 3. The second-order valence-corrected chi connectivity index (χ2v) is 31.1. The predicted molar refractivity (Wildman–Crippen MR) is 404 cm³/mol. The number of carbonyl (C=O) groups is 9. The summed E-state index contributed by atoms with van der Waals surface area (Å²) in [6.07, 6.45) is -23.1. The number of carboxylic acids is 1. The van der Waals surface area contributed by atoms with E-state index < -0.39 is 261 Å². The van der Waals surface area contributed by atoms with Crippen LogP contribution < -0.4 is 68.6 Å². The molecule has 3 fully saturated rings. The summed E-state index contributed by atoms with van der Waals surface area (Å²) >= 11 is 13.1. The Morgan fingerprint density at radius 3 is 1.90 bits per heavy atom. The fourth-order valence-electron chi connectivity index (χ4n) is 14.7. The monoisotopic (exact) mass is 1660 g/mol. The second kappa shape index (κ2) is 35.4. The quantitative estimate of drug-likeness (QED) is 0.0559. The number of phenols is 3. The number of fused-ring (bicyclic) bond motifs is 15. The zero-order valence-electron chi connectivity index (χ0n) is 63.5. The number of rotatable bonds is 17. The molecular formula is C76H93Cl2N11O27. The molecule has 628 valence electrons. The molecule has 116 heavy (non-hydrogen) atoms. The van der Waals surface area contributed by atoms with E-state index in [9.17, 15) is 70.2 Å². The molecule has 0 spiro atoms. The van der Waals surface area contributed by atoms with Crippen LogP contribution in [0.4, 0.5) is 4.79 Å². The summed E-state index contributed by atoms with van der Waals surface area (Å²) in [5.41, 5.74) is 13.4. The highest BCUT2D eigenvalue weighted by molar-refractivity contribution is 6.32. The molecule has 23 N–H and O–H groups in total. The topological polar surface area (TPSA) is 595 Å². The van der Waals surface area contributed by atoms with E-state index in [0.29, 0.717) is 0 Å². The summed E-state index contributed by atoms with van der Waals surface area (Å²) in [6, 6.07) is -0.339. The summed E-state index contributed by atoms with van der Waals surface area (Å²) in [7, 11) is 1.29. The van der Waals surface area contributed by atoms with Crippen molar-refractivity contribution in [3.8, 4) is 57.1 Å². The molecule has 0 aromatic heterocycles. The number of amides is 9. The number of ether oxygens (including phenoxy) is 8. The number of halogens is 2. The average Bonchev–Trinajstić information content (AvgIpc) is 0.763. The van der Waals surface area contributed by atoms with Crippen LogP contribution in [-0.4, -0.2) is 238 Å². The molecule has 0 saturated carbocycles. The molecule has 8 heterocycles. The van der Waals surface area contributed by atoms with Gasteiger partial charge in [0.15, 0.2) is 36.2 Å². The summed E-state index contributed by atoms with van der Waals surface area (Å²) in [4.78, 5) is 135. The third kappa shape index (κ3) is 18.8. The molecule has 5 aromatic rings. The van der Waals surface area contributed by atoms with E-state index in [-0.39, 0.29) is 65.8 Å². The molecule has 22 atom stereocenters. The van der Waals surface area contributed by atoms with Gasteiger partial charge in [0.05, 0.1) is 42.5 Å². The van der Waals surface area contributed by atoms with Crippen LogP contribution in [0.5, 0.6) is 46.0 Å². The number of carbonyl (C=O) groups excluding carboxylic acids is 8. The van der Waals surface area contributed by atoms with Gasteiger partial charge in [-0.25, -0.2) is 9.59 Å². The van der Waals surface area contributed by atoms with Crippen molar-refractivity contribution in [1.82, 2.24) is 42.1 Å². The maximum Gasteiger partial charge on any atom is 0.330 e. The molecule has 8 aliphatic rings. The van der Waals surface area contributed by atoms with E-state index >= 15 is 24.0 Å². The van der Waals surface area contributed by atoms with Gasteiger partial charge in [-0.3, -0.25) is 33.6 Å². The minimum absolute atomic E-state index is 0.0155. The first-order valence-corrected chi connectivity index (χ1v) is 37.8. The number of aliphatic carboxylic acids is 1. The van der Waals surface area contributed by atoms with Gasteiger partial charge in [0.1, 0.15) is 95.5 Å². The smallest absolute Gasteiger partial charge is 0.330 e. The Morgan fingerprint density at radius 2 is 1.29 bits per heavy atom. The number of nitrogens with one attached hydrogen (secondary N) is 7. The Kier molecular flexibility index (Phi) is 26.5. The van der Waals surface area contributed by atoms with Crippen molar-refractivity contribution < 1.29 is 132 Å². The normalized spacial score (nSPS) is 31.1.